The number of aromatic nitrogens is 1. The molecule has 1 aromatic heterocycles. The SMILES string of the molecule is CC1CCc2c(N3CCN(C(=O)c4ccccc4)CC3)c(F)cc3c(=O)c(C(=O)O)cn1c23. The van der Waals surface area contributed by atoms with Gasteiger partial charge in [0.2, 0.25) is 5.43 Å². The Morgan fingerprint density at radius 2 is 1.79 bits per heavy atom. The first-order chi connectivity index (χ1) is 15.9. The number of rotatable bonds is 3. The number of amides is 1. The summed E-state index contributed by atoms with van der Waals surface area (Å²) < 4.78 is 17.2. The molecular weight excluding hydrogens is 425 g/mol. The van der Waals surface area contributed by atoms with Crippen molar-refractivity contribution >= 4 is 28.5 Å². The largest absolute Gasteiger partial charge is 0.477 e. The average Bonchev–Trinajstić information content (AvgIpc) is 2.82. The van der Waals surface area contributed by atoms with Gasteiger partial charge in [0.15, 0.2) is 0 Å². The number of aromatic carboxylic acids is 1. The molecule has 0 radical (unpaired) electrons. The Labute approximate surface area is 189 Å². The first-order valence-corrected chi connectivity index (χ1v) is 11.1. The van der Waals surface area contributed by atoms with Crippen molar-refractivity contribution in [3.05, 3.63) is 75.3 Å². The molecule has 2 aliphatic rings. The summed E-state index contributed by atoms with van der Waals surface area (Å²) in [6.07, 6.45) is 2.70. The van der Waals surface area contributed by atoms with Gasteiger partial charge >= 0.3 is 5.97 Å². The van der Waals surface area contributed by atoms with E-state index >= 15 is 4.39 Å². The highest BCUT2D eigenvalue weighted by atomic mass is 19.1. The zero-order valence-corrected chi connectivity index (χ0v) is 18.3. The maximum atomic E-state index is 15.4. The van der Waals surface area contributed by atoms with E-state index in [9.17, 15) is 19.5 Å². The summed E-state index contributed by atoms with van der Waals surface area (Å²) in [6.45, 7) is 3.84. The standard InChI is InChI=1S/C25H24FN3O4/c1-15-7-8-17-21-18(23(30)19(25(32)33)14-29(15)21)13-20(26)22(17)27-9-11-28(12-10-27)24(31)16-5-3-2-4-6-16/h2-6,13-15H,7-12H2,1H3,(H,32,33). The summed E-state index contributed by atoms with van der Waals surface area (Å²) >= 11 is 0. The number of aryl methyl sites for hydroxylation is 1. The molecule has 2 aromatic carbocycles. The topological polar surface area (TPSA) is 82.8 Å². The van der Waals surface area contributed by atoms with Crippen molar-refractivity contribution in [1.29, 1.82) is 0 Å². The zero-order valence-electron chi connectivity index (χ0n) is 18.3. The number of hydrogen-bond acceptors (Lipinski definition) is 4. The van der Waals surface area contributed by atoms with E-state index in [1.807, 2.05) is 30.0 Å². The maximum absolute atomic E-state index is 15.4. The van der Waals surface area contributed by atoms with Gasteiger partial charge in [0.25, 0.3) is 5.91 Å². The first-order valence-electron chi connectivity index (χ1n) is 11.1. The molecule has 3 aromatic rings. The minimum atomic E-state index is -1.31. The highest BCUT2D eigenvalue weighted by Gasteiger charge is 2.30. The Kier molecular flexibility index (Phi) is 5.15. The third kappa shape index (κ3) is 3.46. The lowest BCUT2D eigenvalue weighted by molar-refractivity contribution is 0.0693. The fourth-order valence-corrected chi connectivity index (χ4v) is 5.03. The van der Waals surface area contributed by atoms with E-state index in [0.29, 0.717) is 55.8 Å². The highest BCUT2D eigenvalue weighted by Crippen LogP contribution is 2.38. The van der Waals surface area contributed by atoms with Gasteiger partial charge in [-0.25, -0.2) is 9.18 Å². The van der Waals surface area contributed by atoms with Gasteiger partial charge in [0.1, 0.15) is 11.4 Å². The zero-order chi connectivity index (χ0) is 23.3. The molecule has 0 bridgehead atoms. The van der Waals surface area contributed by atoms with Crippen LogP contribution in [0.5, 0.6) is 0 Å². The molecule has 1 unspecified atom stereocenters. The van der Waals surface area contributed by atoms with Crippen LogP contribution in [-0.4, -0.2) is 52.6 Å². The van der Waals surface area contributed by atoms with Gasteiger partial charge in [-0.15, -0.1) is 0 Å². The van der Waals surface area contributed by atoms with Crippen molar-refractivity contribution < 1.29 is 19.1 Å². The summed E-state index contributed by atoms with van der Waals surface area (Å²) in [5, 5.41) is 9.56. The van der Waals surface area contributed by atoms with Crippen LogP contribution in [0.4, 0.5) is 10.1 Å². The van der Waals surface area contributed by atoms with Crippen LogP contribution in [0.15, 0.2) is 47.4 Å². The van der Waals surface area contributed by atoms with Crippen molar-refractivity contribution in [3.8, 4) is 0 Å². The number of carbonyl (C=O) groups is 2. The van der Waals surface area contributed by atoms with E-state index in [4.69, 9.17) is 0 Å². The third-order valence-corrected chi connectivity index (χ3v) is 6.76. The number of carboxylic acid groups (broad SMARTS) is 1. The Morgan fingerprint density at radius 1 is 1.09 bits per heavy atom. The molecular formula is C25H24FN3O4. The van der Waals surface area contributed by atoms with Crippen LogP contribution in [0.3, 0.4) is 0 Å². The monoisotopic (exact) mass is 449 g/mol. The third-order valence-electron chi connectivity index (χ3n) is 6.76. The number of carboxylic acids is 1. The van der Waals surface area contributed by atoms with Crippen molar-refractivity contribution in [3.63, 3.8) is 0 Å². The van der Waals surface area contributed by atoms with Gasteiger partial charge in [-0.05, 0) is 38.0 Å². The molecule has 0 aliphatic carbocycles. The van der Waals surface area contributed by atoms with E-state index < -0.39 is 17.2 Å². The van der Waals surface area contributed by atoms with Crippen LogP contribution in [0.25, 0.3) is 10.9 Å². The van der Waals surface area contributed by atoms with Crippen LogP contribution in [-0.2, 0) is 6.42 Å². The number of nitrogens with zero attached hydrogens (tertiary/aromatic N) is 3. The summed E-state index contributed by atoms with van der Waals surface area (Å²) in [5.41, 5.74) is 1.43. The second kappa shape index (κ2) is 8.03. The van der Waals surface area contributed by atoms with Crippen molar-refractivity contribution in [2.24, 2.45) is 0 Å². The van der Waals surface area contributed by atoms with Gasteiger partial charge in [-0.1, -0.05) is 18.2 Å². The lowest BCUT2D eigenvalue weighted by Crippen LogP contribution is -2.49. The van der Waals surface area contributed by atoms with E-state index in [1.165, 1.54) is 12.3 Å². The number of benzene rings is 2. The van der Waals surface area contributed by atoms with Gasteiger partial charge in [0, 0.05) is 54.9 Å². The Morgan fingerprint density at radius 3 is 2.45 bits per heavy atom. The lowest BCUT2D eigenvalue weighted by atomic mass is 9.93. The van der Waals surface area contributed by atoms with Gasteiger partial charge in [-0.3, -0.25) is 9.59 Å². The molecule has 33 heavy (non-hydrogen) atoms. The van der Waals surface area contributed by atoms with Crippen LogP contribution >= 0.6 is 0 Å². The number of pyridine rings is 1. The quantitative estimate of drug-likeness (QED) is 0.664. The van der Waals surface area contributed by atoms with Crippen LogP contribution < -0.4 is 10.3 Å². The number of halogens is 1. The fraction of sp³-hybridized carbons (Fsp3) is 0.320. The van der Waals surface area contributed by atoms with Crippen molar-refractivity contribution in [2.75, 3.05) is 31.1 Å². The second-order valence-corrected chi connectivity index (χ2v) is 8.70. The normalized spacial score (nSPS) is 17.9. The summed E-state index contributed by atoms with van der Waals surface area (Å²) in [7, 11) is 0. The Hall–Kier alpha value is -3.68. The molecule has 1 atom stereocenters. The molecule has 1 saturated heterocycles. The number of hydrogen-bond donors (Lipinski definition) is 1. The Balaban J connectivity index is 1.52. The molecule has 2 aliphatic heterocycles. The molecule has 1 N–H and O–H groups in total. The van der Waals surface area contributed by atoms with E-state index in [0.717, 1.165) is 5.56 Å². The van der Waals surface area contributed by atoms with Crippen molar-refractivity contribution in [2.45, 2.75) is 25.8 Å². The van der Waals surface area contributed by atoms with Gasteiger partial charge < -0.3 is 19.5 Å². The summed E-state index contributed by atoms with van der Waals surface area (Å²) in [5.74, 6) is -1.88. The predicted octanol–water partition coefficient (Wildman–Crippen LogP) is 3.31. The average molecular weight is 449 g/mol. The van der Waals surface area contributed by atoms with Crippen LogP contribution in [0, 0.1) is 5.82 Å². The fourth-order valence-electron chi connectivity index (χ4n) is 5.03. The molecule has 0 spiro atoms. The smallest absolute Gasteiger partial charge is 0.341 e. The number of piperazine rings is 1. The van der Waals surface area contributed by atoms with Crippen LogP contribution in [0.1, 0.15) is 45.7 Å². The lowest BCUT2D eigenvalue weighted by Gasteiger charge is -2.38. The van der Waals surface area contributed by atoms with Crippen molar-refractivity contribution in [1.82, 2.24) is 9.47 Å². The maximum Gasteiger partial charge on any atom is 0.341 e. The number of anilines is 1. The molecule has 3 heterocycles. The summed E-state index contributed by atoms with van der Waals surface area (Å²) in [4.78, 5) is 40.9. The van der Waals surface area contributed by atoms with Gasteiger partial charge in [-0.2, -0.15) is 0 Å². The number of carbonyl (C=O) groups excluding carboxylic acids is 1. The second-order valence-electron chi connectivity index (χ2n) is 8.70. The highest BCUT2D eigenvalue weighted by molar-refractivity contribution is 5.96. The van der Waals surface area contributed by atoms with E-state index in [1.54, 1.807) is 21.6 Å². The minimum absolute atomic E-state index is 0.00245. The molecule has 170 valence electrons. The minimum Gasteiger partial charge on any atom is -0.477 e. The first kappa shape index (κ1) is 21.2. The molecule has 1 fully saturated rings. The van der Waals surface area contributed by atoms with Gasteiger partial charge in [0.05, 0.1) is 11.2 Å². The summed E-state index contributed by atoms with van der Waals surface area (Å²) in [6, 6.07) is 10.3. The van der Waals surface area contributed by atoms with E-state index in [2.05, 4.69) is 0 Å². The Bertz CT molecular complexity index is 1330. The van der Waals surface area contributed by atoms with Crippen LogP contribution in [0.2, 0.25) is 0 Å². The molecule has 7 nitrogen and oxygen atoms in total. The molecule has 1 amide bonds. The molecule has 0 saturated carbocycles. The molecule has 5 rings (SSSR count). The van der Waals surface area contributed by atoms with E-state index in [-0.39, 0.29) is 22.9 Å². The predicted molar refractivity (Wildman–Crippen MR) is 123 cm³/mol. The molecule has 8 heteroatoms.